The fourth-order valence-corrected chi connectivity index (χ4v) is 4.51. The predicted octanol–water partition coefficient (Wildman–Crippen LogP) is 3.87. The van der Waals surface area contributed by atoms with Gasteiger partial charge in [-0.1, -0.05) is 31.2 Å². The van der Waals surface area contributed by atoms with Crippen LogP contribution in [0.2, 0.25) is 0 Å². The van der Waals surface area contributed by atoms with E-state index in [-0.39, 0.29) is 11.5 Å². The third-order valence-electron chi connectivity index (χ3n) is 6.27. The molecule has 3 aromatic rings. The van der Waals surface area contributed by atoms with Crippen LogP contribution in [0.5, 0.6) is 5.75 Å². The highest BCUT2D eigenvalue weighted by molar-refractivity contribution is 5.97. The van der Waals surface area contributed by atoms with Crippen LogP contribution in [0.3, 0.4) is 0 Å². The van der Waals surface area contributed by atoms with E-state index in [0.717, 1.165) is 54.6 Å². The van der Waals surface area contributed by atoms with Gasteiger partial charge in [0.25, 0.3) is 11.5 Å². The maximum Gasteiger partial charge on any atom is 0.263 e. The summed E-state index contributed by atoms with van der Waals surface area (Å²) in [6.45, 7) is 8.36. The van der Waals surface area contributed by atoms with Crippen LogP contribution >= 0.6 is 0 Å². The standard InChI is InChI=1S/C26H31N3O3/c1-4-27-19-11-13-29(14-12-19)26(31)18(3)32-20-9-10-22-23(15-20)25(30)28-16-24(22)21-8-6-5-7-17(21)2/h5-10,15-16,18-19,27H,4,11-14H2,1-3H3,(H,28,30)/t18-/m1/s1. The number of H-pyrrole nitrogens is 1. The second-order valence-electron chi connectivity index (χ2n) is 8.47. The number of hydrogen-bond acceptors (Lipinski definition) is 4. The molecule has 0 spiro atoms. The van der Waals surface area contributed by atoms with Crippen LogP contribution in [0.25, 0.3) is 21.9 Å². The lowest BCUT2D eigenvalue weighted by Gasteiger charge is -2.33. The van der Waals surface area contributed by atoms with Crippen molar-refractivity contribution < 1.29 is 9.53 Å². The summed E-state index contributed by atoms with van der Waals surface area (Å²) in [7, 11) is 0. The summed E-state index contributed by atoms with van der Waals surface area (Å²) in [5, 5.41) is 4.86. The number of carbonyl (C=O) groups excluding carboxylic acids is 1. The van der Waals surface area contributed by atoms with Gasteiger partial charge in [-0.2, -0.15) is 0 Å². The molecule has 6 heteroatoms. The summed E-state index contributed by atoms with van der Waals surface area (Å²) in [6.07, 6.45) is 3.07. The molecule has 168 valence electrons. The average molecular weight is 434 g/mol. The van der Waals surface area contributed by atoms with Gasteiger partial charge < -0.3 is 19.9 Å². The Kier molecular flexibility index (Phi) is 6.61. The number of aromatic amines is 1. The summed E-state index contributed by atoms with van der Waals surface area (Å²) in [6, 6.07) is 14.0. The molecule has 1 atom stereocenters. The molecular formula is C26H31N3O3. The Morgan fingerprint density at radius 1 is 1.16 bits per heavy atom. The van der Waals surface area contributed by atoms with E-state index in [9.17, 15) is 9.59 Å². The molecule has 0 unspecified atom stereocenters. The maximum absolute atomic E-state index is 12.9. The van der Waals surface area contributed by atoms with Crippen molar-refractivity contribution in [1.29, 1.82) is 0 Å². The smallest absolute Gasteiger partial charge is 0.263 e. The van der Waals surface area contributed by atoms with Crippen LogP contribution in [-0.4, -0.2) is 47.6 Å². The third kappa shape index (κ3) is 4.55. The molecule has 1 fully saturated rings. The summed E-state index contributed by atoms with van der Waals surface area (Å²) >= 11 is 0. The van der Waals surface area contributed by atoms with Gasteiger partial charge in [-0.3, -0.25) is 9.59 Å². The molecule has 0 radical (unpaired) electrons. The van der Waals surface area contributed by atoms with Gasteiger partial charge in [-0.05, 0) is 67.9 Å². The monoisotopic (exact) mass is 433 g/mol. The summed E-state index contributed by atoms with van der Waals surface area (Å²) < 4.78 is 5.98. The average Bonchev–Trinajstić information content (AvgIpc) is 2.80. The summed E-state index contributed by atoms with van der Waals surface area (Å²) in [4.78, 5) is 30.2. The molecule has 2 N–H and O–H groups in total. The molecule has 32 heavy (non-hydrogen) atoms. The second-order valence-corrected chi connectivity index (χ2v) is 8.47. The lowest BCUT2D eigenvalue weighted by molar-refractivity contribution is -0.139. The molecule has 6 nitrogen and oxygen atoms in total. The van der Waals surface area contributed by atoms with Crippen LogP contribution in [0, 0.1) is 6.92 Å². The van der Waals surface area contributed by atoms with Crippen molar-refractivity contribution in [3.63, 3.8) is 0 Å². The van der Waals surface area contributed by atoms with Gasteiger partial charge >= 0.3 is 0 Å². The molecule has 0 aliphatic carbocycles. The Balaban J connectivity index is 1.53. The maximum atomic E-state index is 12.9. The zero-order valence-electron chi connectivity index (χ0n) is 19.0. The highest BCUT2D eigenvalue weighted by atomic mass is 16.5. The fourth-order valence-electron chi connectivity index (χ4n) is 4.51. The molecule has 1 aliphatic rings. The lowest BCUT2D eigenvalue weighted by Crippen LogP contribution is -2.48. The first kappa shape index (κ1) is 22.1. The Morgan fingerprint density at radius 3 is 2.62 bits per heavy atom. The van der Waals surface area contributed by atoms with Crippen LogP contribution in [0.1, 0.15) is 32.3 Å². The summed E-state index contributed by atoms with van der Waals surface area (Å²) in [5.41, 5.74) is 3.01. The van der Waals surface area contributed by atoms with E-state index in [4.69, 9.17) is 4.74 Å². The van der Waals surface area contributed by atoms with Gasteiger partial charge in [0, 0.05) is 30.9 Å². The highest BCUT2D eigenvalue weighted by Gasteiger charge is 2.26. The van der Waals surface area contributed by atoms with Gasteiger partial charge in [0.2, 0.25) is 0 Å². The quantitative estimate of drug-likeness (QED) is 0.619. The molecule has 1 amide bonds. The van der Waals surface area contributed by atoms with Crippen molar-refractivity contribution in [3.05, 3.63) is 64.6 Å². The topological polar surface area (TPSA) is 74.4 Å². The van der Waals surface area contributed by atoms with Crippen molar-refractivity contribution in [2.45, 2.75) is 45.8 Å². The zero-order valence-corrected chi connectivity index (χ0v) is 19.0. The number of likely N-dealkylation sites (tertiary alicyclic amines) is 1. The molecule has 1 aliphatic heterocycles. The van der Waals surface area contributed by atoms with Gasteiger partial charge in [-0.15, -0.1) is 0 Å². The van der Waals surface area contributed by atoms with Crippen LogP contribution in [0.4, 0.5) is 0 Å². The Bertz CT molecular complexity index is 1160. The number of fused-ring (bicyclic) bond motifs is 1. The third-order valence-corrected chi connectivity index (χ3v) is 6.27. The Morgan fingerprint density at radius 2 is 1.91 bits per heavy atom. The van der Waals surface area contributed by atoms with Crippen molar-refractivity contribution in [3.8, 4) is 16.9 Å². The Labute approximate surface area is 188 Å². The highest BCUT2D eigenvalue weighted by Crippen LogP contribution is 2.30. The number of piperidine rings is 1. The number of ether oxygens (including phenoxy) is 1. The van der Waals surface area contributed by atoms with Gasteiger partial charge in [0.15, 0.2) is 6.10 Å². The first-order chi connectivity index (χ1) is 15.5. The number of nitrogens with zero attached hydrogens (tertiary/aromatic N) is 1. The zero-order chi connectivity index (χ0) is 22.7. The minimum absolute atomic E-state index is 0.0115. The van der Waals surface area contributed by atoms with Gasteiger partial charge in [-0.25, -0.2) is 0 Å². The number of hydrogen-bond donors (Lipinski definition) is 2. The number of amides is 1. The number of aryl methyl sites for hydroxylation is 1. The number of pyridine rings is 1. The Hall–Kier alpha value is -3.12. The molecule has 1 saturated heterocycles. The minimum atomic E-state index is -0.609. The molecule has 1 aromatic heterocycles. The lowest BCUT2D eigenvalue weighted by atomic mass is 9.97. The van der Waals surface area contributed by atoms with Crippen molar-refractivity contribution in [2.24, 2.45) is 0 Å². The van der Waals surface area contributed by atoms with Crippen molar-refractivity contribution in [2.75, 3.05) is 19.6 Å². The fraction of sp³-hybridized carbons (Fsp3) is 0.385. The van der Waals surface area contributed by atoms with E-state index < -0.39 is 6.10 Å². The van der Waals surface area contributed by atoms with E-state index in [0.29, 0.717) is 17.2 Å². The minimum Gasteiger partial charge on any atom is -0.481 e. The SMILES string of the molecule is CCNC1CCN(C(=O)[C@@H](C)Oc2ccc3c(-c4ccccc4C)c[nH]c(=O)c3c2)CC1. The van der Waals surface area contributed by atoms with E-state index in [2.05, 4.69) is 30.2 Å². The van der Waals surface area contributed by atoms with Crippen molar-refractivity contribution in [1.82, 2.24) is 15.2 Å². The van der Waals surface area contributed by atoms with Crippen LogP contribution < -0.4 is 15.6 Å². The summed E-state index contributed by atoms with van der Waals surface area (Å²) in [5.74, 6) is 0.510. The van der Waals surface area contributed by atoms with E-state index in [1.807, 2.05) is 35.2 Å². The van der Waals surface area contributed by atoms with E-state index in [1.165, 1.54) is 0 Å². The number of rotatable bonds is 6. The molecular weight excluding hydrogens is 402 g/mol. The number of carbonyl (C=O) groups is 1. The van der Waals surface area contributed by atoms with E-state index in [1.54, 1.807) is 19.2 Å². The molecule has 2 heterocycles. The van der Waals surface area contributed by atoms with Gasteiger partial charge in [0.05, 0.1) is 5.39 Å². The van der Waals surface area contributed by atoms with E-state index >= 15 is 0 Å². The normalized spacial score (nSPS) is 15.7. The molecule has 0 saturated carbocycles. The first-order valence-corrected chi connectivity index (χ1v) is 11.4. The molecule has 2 aromatic carbocycles. The van der Waals surface area contributed by atoms with Gasteiger partial charge in [0.1, 0.15) is 5.75 Å². The number of benzene rings is 2. The number of aromatic nitrogens is 1. The molecule has 0 bridgehead atoms. The largest absolute Gasteiger partial charge is 0.481 e. The second kappa shape index (κ2) is 9.57. The predicted molar refractivity (Wildman–Crippen MR) is 128 cm³/mol. The van der Waals surface area contributed by atoms with Crippen molar-refractivity contribution >= 4 is 16.7 Å². The number of nitrogens with one attached hydrogen (secondary N) is 2. The van der Waals surface area contributed by atoms with Crippen LogP contribution in [-0.2, 0) is 4.79 Å². The first-order valence-electron chi connectivity index (χ1n) is 11.4. The molecule has 4 rings (SSSR count). The van der Waals surface area contributed by atoms with Crippen LogP contribution in [0.15, 0.2) is 53.5 Å².